The van der Waals surface area contributed by atoms with Gasteiger partial charge in [0, 0.05) is 0 Å². The fraction of sp³-hybridized carbons (Fsp3) is 0.500. The summed E-state index contributed by atoms with van der Waals surface area (Å²) >= 11 is 0. The van der Waals surface area contributed by atoms with Gasteiger partial charge in [0.15, 0.2) is 5.69 Å². The van der Waals surface area contributed by atoms with Crippen LogP contribution in [-0.4, -0.2) is 23.1 Å². The number of rotatable bonds is 3. The lowest BCUT2D eigenvalue weighted by Gasteiger charge is -2.18. The molecular formula is C8H12N2O3. The summed E-state index contributed by atoms with van der Waals surface area (Å²) in [6, 6.07) is 0. The van der Waals surface area contributed by atoms with Crippen molar-refractivity contribution in [2.45, 2.75) is 19.4 Å². The van der Waals surface area contributed by atoms with Gasteiger partial charge in [-0.25, -0.2) is 9.78 Å². The lowest BCUT2D eigenvalue weighted by molar-refractivity contribution is 0.0690. The summed E-state index contributed by atoms with van der Waals surface area (Å²) in [5.74, 6) is -0.714. The highest BCUT2D eigenvalue weighted by atomic mass is 16.4. The molecule has 1 heterocycles. The third kappa shape index (κ3) is 1.86. The highest BCUT2D eigenvalue weighted by molar-refractivity contribution is 5.84. The van der Waals surface area contributed by atoms with Crippen molar-refractivity contribution in [1.82, 2.24) is 10.3 Å². The molecule has 0 spiro atoms. The molecule has 1 aromatic heterocycles. The Balaban J connectivity index is 2.98. The van der Waals surface area contributed by atoms with Crippen LogP contribution in [0.3, 0.4) is 0 Å². The van der Waals surface area contributed by atoms with E-state index in [1.807, 2.05) is 13.8 Å². The van der Waals surface area contributed by atoms with Crippen LogP contribution in [0.5, 0.6) is 0 Å². The summed E-state index contributed by atoms with van der Waals surface area (Å²) in [6.07, 6.45) is 1.14. The normalized spacial score (nSPS) is 11.6. The first kappa shape index (κ1) is 9.73. The zero-order chi connectivity index (χ0) is 10.1. The van der Waals surface area contributed by atoms with Crippen molar-refractivity contribution < 1.29 is 14.3 Å². The van der Waals surface area contributed by atoms with E-state index in [0.29, 0.717) is 5.89 Å². The number of aromatic carboxylic acids is 1. The average Bonchev–Trinajstić information content (AvgIpc) is 2.52. The second-order valence-corrected chi connectivity index (χ2v) is 3.22. The van der Waals surface area contributed by atoms with Crippen LogP contribution in [-0.2, 0) is 5.54 Å². The van der Waals surface area contributed by atoms with Crippen LogP contribution in [0.2, 0.25) is 0 Å². The van der Waals surface area contributed by atoms with Crippen LogP contribution >= 0.6 is 0 Å². The van der Waals surface area contributed by atoms with Gasteiger partial charge in [-0.15, -0.1) is 0 Å². The Morgan fingerprint density at radius 2 is 2.31 bits per heavy atom. The second-order valence-electron chi connectivity index (χ2n) is 3.22. The van der Waals surface area contributed by atoms with Crippen LogP contribution in [0.1, 0.15) is 30.2 Å². The van der Waals surface area contributed by atoms with E-state index >= 15 is 0 Å². The van der Waals surface area contributed by atoms with E-state index in [2.05, 4.69) is 10.3 Å². The number of hydrogen-bond acceptors (Lipinski definition) is 4. The molecule has 0 bridgehead atoms. The SMILES string of the molecule is CNC(C)(C)c1nc(C(=O)O)co1. The van der Waals surface area contributed by atoms with Crippen LogP contribution in [0.15, 0.2) is 10.7 Å². The maximum Gasteiger partial charge on any atom is 0.357 e. The molecule has 1 aromatic rings. The molecule has 0 saturated heterocycles. The third-order valence-corrected chi connectivity index (χ3v) is 1.88. The molecular weight excluding hydrogens is 172 g/mol. The maximum atomic E-state index is 10.5. The van der Waals surface area contributed by atoms with E-state index in [0.717, 1.165) is 6.26 Å². The van der Waals surface area contributed by atoms with Crippen molar-refractivity contribution >= 4 is 5.97 Å². The smallest absolute Gasteiger partial charge is 0.357 e. The topological polar surface area (TPSA) is 75.4 Å². The summed E-state index contributed by atoms with van der Waals surface area (Å²) in [5, 5.41) is 11.6. The zero-order valence-electron chi connectivity index (χ0n) is 7.79. The minimum absolute atomic E-state index is 0.0710. The van der Waals surface area contributed by atoms with Gasteiger partial charge < -0.3 is 14.8 Å². The lowest BCUT2D eigenvalue weighted by atomic mass is 10.1. The van der Waals surface area contributed by atoms with Crippen molar-refractivity contribution in [3.63, 3.8) is 0 Å². The predicted octanol–water partition coefficient (Wildman–Crippen LogP) is 0.827. The summed E-state index contributed by atoms with van der Waals surface area (Å²) in [5.41, 5.74) is -0.522. The van der Waals surface area contributed by atoms with E-state index < -0.39 is 11.5 Å². The molecule has 5 nitrogen and oxygen atoms in total. The number of carbonyl (C=O) groups is 1. The number of hydrogen-bond donors (Lipinski definition) is 2. The molecule has 0 unspecified atom stereocenters. The molecule has 13 heavy (non-hydrogen) atoms. The van der Waals surface area contributed by atoms with Crippen molar-refractivity contribution in [1.29, 1.82) is 0 Å². The lowest BCUT2D eigenvalue weighted by Crippen LogP contribution is -2.33. The summed E-state index contributed by atoms with van der Waals surface area (Å²) < 4.78 is 5.03. The Morgan fingerprint density at radius 1 is 1.69 bits per heavy atom. The quantitative estimate of drug-likeness (QED) is 0.727. The molecule has 0 amide bonds. The fourth-order valence-corrected chi connectivity index (χ4v) is 0.766. The summed E-state index contributed by atoms with van der Waals surface area (Å²) in [4.78, 5) is 14.3. The molecule has 0 fully saturated rings. The highest BCUT2D eigenvalue weighted by Crippen LogP contribution is 2.18. The third-order valence-electron chi connectivity index (χ3n) is 1.88. The van der Waals surface area contributed by atoms with Gasteiger partial charge in [0.05, 0.1) is 5.54 Å². The molecule has 1 rings (SSSR count). The summed E-state index contributed by atoms with van der Waals surface area (Å²) in [7, 11) is 1.75. The van der Waals surface area contributed by atoms with E-state index in [1.165, 1.54) is 0 Å². The van der Waals surface area contributed by atoms with Gasteiger partial charge in [-0.2, -0.15) is 0 Å². The van der Waals surface area contributed by atoms with Gasteiger partial charge in [0.25, 0.3) is 0 Å². The van der Waals surface area contributed by atoms with E-state index in [4.69, 9.17) is 9.52 Å². The van der Waals surface area contributed by atoms with Gasteiger partial charge in [-0.05, 0) is 20.9 Å². The number of aromatic nitrogens is 1. The molecule has 72 valence electrons. The number of carboxylic acids is 1. The van der Waals surface area contributed by atoms with E-state index in [1.54, 1.807) is 7.05 Å². The van der Waals surface area contributed by atoms with Gasteiger partial charge in [-0.1, -0.05) is 0 Å². The summed E-state index contributed by atoms with van der Waals surface area (Å²) in [6.45, 7) is 3.70. The van der Waals surface area contributed by atoms with Crippen LogP contribution in [0.4, 0.5) is 0 Å². The molecule has 0 aliphatic heterocycles. The van der Waals surface area contributed by atoms with Crippen molar-refractivity contribution in [2.75, 3.05) is 7.05 Å². The Kier molecular flexibility index (Phi) is 2.38. The van der Waals surface area contributed by atoms with Gasteiger partial charge in [0.1, 0.15) is 6.26 Å². The molecule has 0 aliphatic carbocycles. The first-order valence-electron chi connectivity index (χ1n) is 3.85. The largest absolute Gasteiger partial charge is 0.476 e. The molecule has 0 aliphatic rings. The Hall–Kier alpha value is -1.36. The molecule has 0 radical (unpaired) electrons. The molecule has 5 heteroatoms. The van der Waals surface area contributed by atoms with Gasteiger partial charge in [-0.3, -0.25) is 0 Å². The minimum atomic E-state index is -1.08. The fourth-order valence-electron chi connectivity index (χ4n) is 0.766. The molecule has 0 atom stereocenters. The van der Waals surface area contributed by atoms with Crippen LogP contribution in [0, 0.1) is 0 Å². The second kappa shape index (κ2) is 3.18. The average molecular weight is 184 g/mol. The monoisotopic (exact) mass is 184 g/mol. The van der Waals surface area contributed by atoms with E-state index in [9.17, 15) is 4.79 Å². The van der Waals surface area contributed by atoms with Gasteiger partial charge >= 0.3 is 5.97 Å². The Morgan fingerprint density at radius 3 is 2.69 bits per heavy atom. The van der Waals surface area contributed by atoms with Gasteiger partial charge in [0.2, 0.25) is 5.89 Å². The molecule has 0 aromatic carbocycles. The van der Waals surface area contributed by atoms with Crippen molar-refractivity contribution in [2.24, 2.45) is 0 Å². The van der Waals surface area contributed by atoms with E-state index in [-0.39, 0.29) is 5.69 Å². The Labute approximate surface area is 75.8 Å². The highest BCUT2D eigenvalue weighted by Gasteiger charge is 2.25. The maximum absolute atomic E-state index is 10.5. The first-order chi connectivity index (χ1) is 5.97. The first-order valence-corrected chi connectivity index (χ1v) is 3.85. The Bertz CT molecular complexity index is 317. The number of nitrogens with one attached hydrogen (secondary N) is 1. The molecule has 0 saturated carbocycles. The number of carboxylic acid groups (broad SMARTS) is 1. The number of oxazole rings is 1. The minimum Gasteiger partial charge on any atom is -0.476 e. The predicted molar refractivity (Wildman–Crippen MR) is 45.5 cm³/mol. The standard InChI is InChI=1S/C8H12N2O3/c1-8(2,9-3)7-10-5(4-13-7)6(11)12/h4,9H,1-3H3,(H,11,12). The van der Waals surface area contributed by atoms with Crippen molar-refractivity contribution in [3.05, 3.63) is 17.8 Å². The number of nitrogens with zero attached hydrogens (tertiary/aromatic N) is 1. The molecule has 2 N–H and O–H groups in total. The van der Waals surface area contributed by atoms with Crippen LogP contribution < -0.4 is 5.32 Å². The zero-order valence-corrected chi connectivity index (χ0v) is 7.79. The van der Waals surface area contributed by atoms with Crippen molar-refractivity contribution in [3.8, 4) is 0 Å². The van der Waals surface area contributed by atoms with Crippen LogP contribution in [0.25, 0.3) is 0 Å².